The van der Waals surface area contributed by atoms with Gasteiger partial charge in [0, 0.05) is 0 Å². The van der Waals surface area contributed by atoms with Crippen LogP contribution in [0.4, 0.5) is 8.78 Å². The van der Waals surface area contributed by atoms with Crippen LogP contribution in [0.25, 0.3) is 0 Å². The summed E-state index contributed by atoms with van der Waals surface area (Å²) in [5.74, 6) is -4.02. The molecule has 2 aromatic rings. The fraction of sp³-hybridized carbons (Fsp3) is 0.143. The second-order valence-corrected chi connectivity index (χ2v) is 4.64. The number of halogens is 2. The van der Waals surface area contributed by atoms with E-state index in [1.54, 1.807) is 0 Å². The maximum atomic E-state index is 12.8. The highest BCUT2D eigenvalue weighted by Crippen LogP contribution is 2.28. The first-order chi connectivity index (χ1) is 10.9. The Bertz CT molecular complexity index is 795. The molecule has 3 rings (SSSR count). The van der Waals surface area contributed by atoms with Gasteiger partial charge in [-0.15, -0.1) is 0 Å². The number of imide groups is 1. The summed E-state index contributed by atoms with van der Waals surface area (Å²) in [5, 5.41) is 3.50. The van der Waals surface area contributed by atoms with Crippen LogP contribution in [0.1, 0.15) is 49.0 Å². The van der Waals surface area contributed by atoms with E-state index in [0.717, 1.165) is 0 Å². The van der Waals surface area contributed by atoms with Gasteiger partial charge in [0.25, 0.3) is 18.2 Å². The molecular formula is C14H8F2N2O5. The lowest BCUT2D eigenvalue weighted by Crippen LogP contribution is -2.33. The van der Waals surface area contributed by atoms with Gasteiger partial charge in [0.05, 0.1) is 16.8 Å². The van der Waals surface area contributed by atoms with Crippen LogP contribution in [0.5, 0.6) is 0 Å². The highest BCUT2D eigenvalue weighted by molar-refractivity contribution is 6.21. The van der Waals surface area contributed by atoms with E-state index in [0.29, 0.717) is 0 Å². The average Bonchev–Trinajstić information content (AvgIpc) is 3.02. The number of aromatic nitrogens is 1. The monoisotopic (exact) mass is 322 g/mol. The lowest BCUT2D eigenvalue weighted by molar-refractivity contribution is -0.0589. The summed E-state index contributed by atoms with van der Waals surface area (Å²) in [7, 11) is 0. The Kier molecular flexibility index (Phi) is 3.40. The van der Waals surface area contributed by atoms with Crippen molar-refractivity contribution < 1.29 is 32.5 Å². The van der Waals surface area contributed by atoms with Gasteiger partial charge in [-0.05, 0) is 19.1 Å². The molecule has 1 aliphatic rings. The number of hydroxylamine groups is 2. The molecule has 0 spiro atoms. The van der Waals surface area contributed by atoms with E-state index in [9.17, 15) is 23.2 Å². The van der Waals surface area contributed by atoms with Gasteiger partial charge in [0.15, 0.2) is 0 Å². The number of rotatable bonds is 3. The third kappa shape index (κ3) is 2.26. The normalized spacial score (nSPS) is 13.7. The third-order valence-electron chi connectivity index (χ3n) is 3.22. The van der Waals surface area contributed by atoms with Crippen LogP contribution in [0.3, 0.4) is 0 Å². The SMILES string of the molecule is Cc1noc(C(F)F)c1C(=O)ON1C(=O)c2ccccc2C1=O. The Labute approximate surface area is 127 Å². The molecule has 0 radical (unpaired) electrons. The van der Waals surface area contributed by atoms with Crippen molar-refractivity contribution in [3.8, 4) is 0 Å². The smallest absolute Gasteiger partial charge is 0.354 e. The summed E-state index contributed by atoms with van der Waals surface area (Å²) in [6.07, 6.45) is -3.10. The lowest BCUT2D eigenvalue weighted by Gasteiger charge is -2.12. The number of carbonyl (C=O) groups excluding carboxylic acids is 3. The van der Waals surface area contributed by atoms with Crippen molar-refractivity contribution in [3.05, 3.63) is 52.4 Å². The van der Waals surface area contributed by atoms with Gasteiger partial charge in [0.2, 0.25) is 5.76 Å². The van der Waals surface area contributed by atoms with E-state index in [1.165, 1.54) is 31.2 Å². The zero-order chi connectivity index (χ0) is 16.7. The van der Waals surface area contributed by atoms with E-state index in [-0.39, 0.29) is 21.9 Å². The minimum absolute atomic E-state index is 0.0569. The van der Waals surface area contributed by atoms with Crippen LogP contribution in [-0.4, -0.2) is 28.0 Å². The van der Waals surface area contributed by atoms with Crippen molar-refractivity contribution in [2.24, 2.45) is 0 Å². The van der Waals surface area contributed by atoms with E-state index < -0.39 is 35.5 Å². The molecule has 9 heteroatoms. The van der Waals surface area contributed by atoms with E-state index in [4.69, 9.17) is 4.84 Å². The summed E-state index contributed by atoms with van der Waals surface area (Å²) in [4.78, 5) is 40.9. The Morgan fingerprint density at radius 1 is 1.22 bits per heavy atom. The number of fused-ring (bicyclic) bond motifs is 1. The number of hydrogen-bond donors (Lipinski definition) is 0. The first-order valence-corrected chi connectivity index (χ1v) is 6.36. The van der Waals surface area contributed by atoms with E-state index in [1.807, 2.05) is 0 Å². The quantitative estimate of drug-likeness (QED) is 0.805. The minimum atomic E-state index is -3.10. The largest absolute Gasteiger partial charge is 0.369 e. The van der Waals surface area contributed by atoms with Crippen LogP contribution in [-0.2, 0) is 4.84 Å². The van der Waals surface area contributed by atoms with Crippen LogP contribution in [0.15, 0.2) is 28.8 Å². The number of nitrogens with zero attached hydrogens (tertiary/aromatic N) is 2. The highest BCUT2D eigenvalue weighted by Gasteiger charge is 2.40. The summed E-state index contributed by atoms with van der Waals surface area (Å²) in [5.41, 5.74) is -0.638. The molecule has 1 aromatic heterocycles. The standard InChI is InChI=1S/C14H8F2N2O5/c1-6-9(10(11(15)16)22-17-6)14(21)23-18-12(19)7-4-2-3-5-8(7)13(18)20/h2-5,11H,1H3. The number of aryl methyl sites for hydroxylation is 1. The van der Waals surface area contributed by atoms with Crippen LogP contribution >= 0.6 is 0 Å². The number of hydrogen-bond acceptors (Lipinski definition) is 6. The molecule has 1 aromatic carbocycles. The maximum absolute atomic E-state index is 12.8. The number of carbonyl (C=O) groups is 3. The second kappa shape index (κ2) is 5.27. The molecule has 0 saturated carbocycles. The van der Waals surface area contributed by atoms with Crippen LogP contribution in [0.2, 0.25) is 0 Å². The van der Waals surface area contributed by atoms with Gasteiger partial charge in [-0.1, -0.05) is 22.4 Å². The van der Waals surface area contributed by atoms with E-state index >= 15 is 0 Å². The van der Waals surface area contributed by atoms with Crippen molar-refractivity contribution in [2.45, 2.75) is 13.3 Å². The van der Waals surface area contributed by atoms with Gasteiger partial charge in [0.1, 0.15) is 5.56 Å². The summed E-state index contributed by atoms with van der Waals surface area (Å²) in [6.45, 7) is 1.26. The van der Waals surface area contributed by atoms with Crippen molar-refractivity contribution in [3.63, 3.8) is 0 Å². The maximum Gasteiger partial charge on any atom is 0.369 e. The first kappa shape index (κ1) is 14.8. The fourth-order valence-electron chi connectivity index (χ4n) is 2.16. The number of benzene rings is 1. The second-order valence-electron chi connectivity index (χ2n) is 4.64. The molecule has 118 valence electrons. The molecule has 0 unspecified atom stereocenters. The van der Waals surface area contributed by atoms with Crippen molar-refractivity contribution in [2.75, 3.05) is 0 Å². The van der Waals surface area contributed by atoms with Gasteiger partial charge < -0.3 is 9.36 Å². The van der Waals surface area contributed by atoms with Crippen molar-refractivity contribution in [1.82, 2.24) is 10.2 Å². The third-order valence-corrected chi connectivity index (χ3v) is 3.22. The van der Waals surface area contributed by atoms with Gasteiger partial charge in [-0.3, -0.25) is 9.59 Å². The fourth-order valence-corrected chi connectivity index (χ4v) is 2.16. The van der Waals surface area contributed by atoms with Gasteiger partial charge in [-0.2, -0.15) is 0 Å². The molecule has 0 saturated heterocycles. The minimum Gasteiger partial charge on any atom is -0.354 e. The zero-order valence-electron chi connectivity index (χ0n) is 11.6. The Morgan fingerprint density at radius 3 is 2.30 bits per heavy atom. The summed E-state index contributed by atoms with van der Waals surface area (Å²) in [6, 6.07) is 5.85. The molecule has 23 heavy (non-hydrogen) atoms. The Hall–Kier alpha value is -3.10. The molecular weight excluding hydrogens is 314 g/mol. The van der Waals surface area contributed by atoms with Crippen LogP contribution < -0.4 is 0 Å². The molecule has 2 amide bonds. The lowest BCUT2D eigenvalue weighted by atomic mass is 10.1. The van der Waals surface area contributed by atoms with E-state index in [2.05, 4.69) is 9.68 Å². The first-order valence-electron chi connectivity index (χ1n) is 6.36. The zero-order valence-corrected chi connectivity index (χ0v) is 11.6. The average molecular weight is 322 g/mol. The summed E-state index contributed by atoms with van der Waals surface area (Å²) < 4.78 is 30.0. The topological polar surface area (TPSA) is 89.7 Å². The predicted octanol–water partition coefficient (Wildman–Crippen LogP) is 2.29. The molecule has 2 heterocycles. The van der Waals surface area contributed by atoms with Gasteiger partial charge in [-0.25, -0.2) is 13.6 Å². The van der Waals surface area contributed by atoms with Crippen molar-refractivity contribution >= 4 is 17.8 Å². The Balaban J connectivity index is 1.90. The van der Waals surface area contributed by atoms with Crippen LogP contribution in [0, 0.1) is 6.92 Å². The molecule has 0 aliphatic carbocycles. The summed E-state index contributed by atoms with van der Waals surface area (Å²) >= 11 is 0. The molecule has 0 fully saturated rings. The molecule has 0 N–H and O–H groups in total. The molecule has 0 bridgehead atoms. The highest BCUT2D eigenvalue weighted by atomic mass is 19.3. The molecule has 0 atom stereocenters. The predicted molar refractivity (Wildman–Crippen MR) is 68.6 cm³/mol. The van der Waals surface area contributed by atoms with Crippen molar-refractivity contribution in [1.29, 1.82) is 0 Å². The molecule has 1 aliphatic heterocycles. The number of alkyl halides is 2. The Morgan fingerprint density at radius 2 is 1.78 bits per heavy atom. The molecule has 7 nitrogen and oxygen atoms in total. The van der Waals surface area contributed by atoms with Gasteiger partial charge >= 0.3 is 5.97 Å². The number of amides is 2.